The van der Waals surface area contributed by atoms with Gasteiger partial charge in [-0.05, 0) is 61.2 Å². The maximum absolute atomic E-state index is 12.2. The van der Waals surface area contributed by atoms with Crippen LogP contribution in [0.5, 0.6) is 5.75 Å². The minimum absolute atomic E-state index is 0.0743. The van der Waals surface area contributed by atoms with E-state index in [-0.39, 0.29) is 5.91 Å². The van der Waals surface area contributed by atoms with Crippen molar-refractivity contribution < 1.29 is 19.1 Å². The average Bonchev–Trinajstić information content (AvgIpc) is 2.72. The van der Waals surface area contributed by atoms with E-state index >= 15 is 0 Å². The highest BCUT2D eigenvalue weighted by molar-refractivity contribution is 5.97. The summed E-state index contributed by atoms with van der Waals surface area (Å²) in [5.74, 6) is -0.0245. The van der Waals surface area contributed by atoms with Crippen molar-refractivity contribution >= 4 is 23.4 Å². The van der Waals surface area contributed by atoms with E-state index in [1.165, 1.54) is 5.56 Å². The molecule has 7 heteroatoms. The predicted octanol–water partition coefficient (Wildman–Crippen LogP) is 3.78. The van der Waals surface area contributed by atoms with Crippen molar-refractivity contribution in [1.82, 2.24) is 10.9 Å². The third-order valence-electron chi connectivity index (χ3n) is 4.44. The molecule has 2 rings (SSSR count). The van der Waals surface area contributed by atoms with Gasteiger partial charge in [0.05, 0.1) is 0 Å². The van der Waals surface area contributed by atoms with Crippen molar-refractivity contribution in [3.8, 4) is 5.75 Å². The zero-order valence-corrected chi connectivity index (χ0v) is 17.8. The number of hydrogen-bond donors (Lipinski definition) is 3. The molecule has 0 heterocycles. The normalized spacial score (nSPS) is 11.5. The quantitative estimate of drug-likeness (QED) is 0.576. The lowest BCUT2D eigenvalue weighted by Crippen LogP contribution is -2.47. The molecule has 2 aromatic carbocycles. The molecule has 7 nitrogen and oxygen atoms in total. The van der Waals surface area contributed by atoms with Gasteiger partial charge in [-0.3, -0.25) is 25.2 Å². The van der Waals surface area contributed by atoms with Crippen LogP contribution >= 0.6 is 0 Å². The molecule has 0 radical (unpaired) electrons. The van der Waals surface area contributed by atoms with Gasteiger partial charge in [0.2, 0.25) is 5.91 Å². The molecule has 0 aliphatic heterocycles. The van der Waals surface area contributed by atoms with Crippen LogP contribution in [0.3, 0.4) is 0 Å². The summed E-state index contributed by atoms with van der Waals surface area (Å²) in [6, 6.07) is 14.0. The molecule has 3 N–H and O–H groups in total. The van der Waals surface area contributed by atoms with Gasteiger partial charge >= 0.3 is 0 Å². The fraction of sp³-hybridized carbons (Fsp3) is 0.348. The van der Waals surface area contributed by atoms with E-state index < -0.39 is 17.9 Å². The molecule has 3 amide bonds. The number of benzene rings is 2. The van der Waals surface area contributed by atoms with Gasteiger partial charge in [-0.2, -0.15) is 0 Å². The second-order valence-corrected chi connectivity index (χ2v) is 7.30. The fourth-order valence-electron chi connectivity index (χ4n) is 2.64. The molecular formula is C23H29N3O4. The summed E-state index contributed by atoms with van der Waals surface area (Å²) < 4.78 is 5.62. The largest absolute Gasteiger partial charge is 0.481 e. The lowest BCUT2D eigenvalue weighted by molar-refractivity contribution is -0.128. The number of hydrogen-bond acceptors (Lipinski definition) is 4. The van der Waals surface area contributed by atoms with Crippen LogP contribution in [0.4, 0.5) is 5.69 Å². The molecule has 1 atom stereocenters. The minimum atomic E-state index is -0.786. The standard InChI is InChI=1S/C23H29N3O4/c1-5-6-21(27)24-19-11-7-18(8-12-19)23(29)26-25-22(28)16(4)30-20-13-9-17(10-14-20)15(2)3/h7-16H,5-6H2,1-4H3,(H,24,27)(H,25,28)(H,26,29)/t16-/m1/s1. The third-order valence-corrected chi connectivity index (χ3v) is 4.44. The summed E-state index contributed by atoms with van der Waals surface area (Å²) in [5, 5.41) is 2.75. The van der Waals surface area contributed by atoms with E-state index in [0.717, 1.165) is 6.42 Å². The number of hydrazine groups is 1. The molecule has 160 valence electrons. The zero-order valence-electron chi connectivity index (χ0n) is 17.8. The van der Waals surface area contributed by atoms with Gasteiger partial charge in [0.1, 0.15) is 5.75 Å². The fourth-order valence-corrected chi connectivity index (χ4v) is 2.64. The monoisotopic (exact) mass is 411 g/mol. The van der Waals surface area contributed by atoms with Crippen LogP contribution in [-0.2, 0) is 9.59 Å². The Morgan fingerprint density at radius 1 is 0.900 bits per heavy atom. The molecule has 0 fully saturated rings. The Kier molecular flexibility index (Phi) is 8.41. The molecule has 0 aliphatic rings. The average molecular weight is 412 g/mol. The minimum Gasteiger partial charge on any atom is -0.481 e. The highest BCUT2D eigenvalue weighted by Gasteiger charge is 2.16. The first-order chi connectivity index (χ1) is 14.3. The van der Waals surface area contributed by atoms with E-state index in [1.807, 2.05) is 31.2 Å². The van der Waals surface area contributed by atoms with Crippen molar-refractivity contribution in [1.29, 1.82) is 0 Å². The van der Waals surface area contributed by atoms with Crippen molar-refractivity contribution in [2.24, 2.45) is 0 Å². The summed E-state index contributed by atoms with van der Waals surface area (Å²) in [5.41, 5.74) is 6.87. The second-order valence-electron chi connectivity index (χ2n) is 7.30. The molecule has 30 heavy (non-hydrogen) atoms. The molecule has 2 aromatic rings. The van der Waals surface area contributed by atoms with Gasteiger partial charge in [-0.1, -0.05) is 32.9 Å². The predicted molar refractivity (Wildman–Crippen MR) is 116 cm³/mol. The van der Waals surface area contributed by atoms with Crippen molar-refractivity contribution in [3.05, 3.63) is 59.7 Å². The lowest BCUT2D eigenvalue weighted by atomic mass is 10.0. The number of nitrogens with one attached hydrogen (secondary N) is 3. The summed E-state index contributed by atoms with van der Waals surface area (Å²) >= 11 is 0. The first-order valence-electron chi connectivity index (χ1n) is 10.1. The number of rotatable bonds is 8. The lowest BCUT2D eigenvalue weighted by Gasteiger charge is -2.16. The number of carbonyl (C=O) groups is 3. The smallest absolute Gasteiger partial charge is 0.279 e. The maximum Gasteiger partial charge on any atom is 0.279 e. The molecule has 0 saturated heterocycles. The Morgan fingerprint density at radius 3 is 2.10 bits per heavy atom. The van der Waals surface area contributed by atoms with Gasteiger partial charge < -0.3 is 10.1 Å². The van der Waals surface area contributed by atoms with Crippen LogP contribution in [0.2, 0.25) is 0 Å². The van der Waals surface area contributed by atoms with Crippen LogP contribution in [0.1, 0.15) is 62.4 Å². The highest BCUT2D eigenvalue weighted by Crippen LogP contribution is 2.19. The van der Waals surface area contributed by atoms with E-state index in [2.05, 4.69) is 30.0 Å². The van der Waals surface area contributed by atoms with Crippen LogP contribution < -0.4 is 20.9 Å². The molecular weight excluding hydrogens is 382 g/mol. The third kappa shape index (κ3) is 6.92. The van der Waals surface area contributed by atoms with Crippen molar-refractivity contribution in [2.75, 3.05) is 5.32 Å². The van der Waals surface area contributed by atoms with Crippen LogP contribution in [0, 0.1) is 0 Å². The maximum atomic E-state index is 12.2. The number of amides is 3. The highest BCUT2D eigenvalue weighted by atomic mass is 16.5. The summed E-state index contributed by atoms with van der Waals surface area (Å²) in [4.78, 5) is 36.0. The van der Waals surface area contributed by atoms with E-state index in [4.69, 9.17) is 4.74 Å². The van der Waals surface area contributed by atoms with Gasteiger partial charge in [0, 0.05) is 17.7 Å². The molecule has 0 unspecified atom stereocenters. The SMILES string of the molecule is CCCC(=O)Nc1ccc(C(=O)NNC(=O)[C@@H](C)Oc2ccc(C(C)C)cc2)cc1. The van der Waals surface area contributed by atoms with Gasteiger partial charge in [-0.25, -0.2) is 0 Å². The first-order valence-corrected chi connectivity index (χ1v) is 10.1. The Morgan fingerprint density at radius 2 is 1.53 bits per heavy atom. The van der Waals surface area contributed by atoms with Crippen LogP contribution in [0.15, 0.2) is 48.5 Å². The number of anilines is 1. The summed E-state index contributed by atoms with van der Waals surface area (Å²) in [6.07, 6.45) is 0.416. The van der Waals surface area contributed by atoms with Gasteiger partial charge in [0.25, 0.3) is 11.8 Å². The Balaban J connectivity index is 1.83. The molecule has 0 saturated carbocycles. The van der Waals surface area contributed by atoms with E-state index in [9.17, 15) is 14.4 Å². The zero-order chi connectivity index (χ0) is 22.1. The van der Waals surface area contributed by atoms with Crippen molar-refractivity contribution in [3.63, 3.8) is 0 Å². The van der Waals surface area contributed by atoms with Crippen molar-refractivity contribution in [2.45, 2.75) is 52.6 Å². The van der Waals surface area contributed by atoms with E-state index in [1.54, 1.807) is 31.2 Å². The molecule has 0 spiro atoms. The summed E-state index contributed by atoms with van der Waals surface area (Å²) in [6.45, 7) is 7.73. The topological polar surface area (TPSA) is 96.5 Å². The second kappa shape index (κ2) is 11.0. The number of ether oxygens (including phenoxy) is 1. The molecule has 0 bridgehead atoms. The molecule has 0 aliphatic carbocycles. The molecule has 0 aromatic heterocycles. The summed E-state index contributed by atoms with van der Waals surface area (Å²) in [7, 11) is 0. The van der Waals surface area contributed by atoms with Gasteiger partial charge in [-0.15, -0.1) is 0 Å². The Bertz CT molecular complexity index is 861. The number of carbonyl (C=O) groups excluding carboxylic acids is 3. The van der Waals surface area contributed by atoms with Crippen LogP contribution in [0.25, 0.3) is 0 Å². The Labute approximate surface area is 177 Å². The Hall–Kier alpha value is -3.35. The first kappa shape index (κ1) is 22.9. The van der Waals surface area contributed by atoms with E-state index in [0.29, 0.717) is 29.3 Å². The van der Waals surface area contributed by atoms with Crippen LogP contribution in [-0.4, -0.2) is 23.8 Å². The van der Waals surface area contributed by atoms with Gasteiger partial charge in [0.15, 0.2) is 6.10 Å².